The van der Waals surface area contributed by atoms with E-state index >= 15 is 0 Å². The van der Waals surface area contributed by atoms with E-state index in [1.54, 1.807) is 32.4 Å². The summed E-state index contributed by atoms with van der Waals surface area (Å²) in [6, 6.07) is 10.6. The van der Waals surface area contributed by atoms with Crippen molar-refractivity contribution in [2.45, 2.75) is 24.7 Å². The molecule has 2 atom stereocenters. The number of carbonyl (C=O) groups excluding carboxylic acids is 1. The molecular weight excluding hydrogens is 438 g/mol. The Bertz CT molecular complexity index is 1370. The number of methoxy groups -OCH3 is 3. The summed E-state index contributed by atoms with van der Waals surface area (Å²) in [5.74, 6) is 1.27. The van der Waals surface area contributed by atoms with Gasteiger partial charge in [-0.2, -0.15) is 0 Å². The molecule has 5 rings (SSSR count). The molecule has 176 valence electrons. The number of nitrogens with one attached hydrogen (secondary N) is 3. The number of ether oxygens (including phenoxy) is 3. The summed E-state index contributed by atoms with van der Waals surface area (Å²) in [6.07, 6.45) is 0.855. The van der Waals surface area contributed by atoms with Crippen molar-refractivity contribution in [1.29, 1.82) is 0 Å². The molecule has 0 saturated heterocycles. The van der Waals surface area contributed by atoms with Gasteiger partial charge in [-0.25, -0.2) is 0 Å². The van der Waals surface area contributed by atoms with E-state index in [9.17, 15) is 14.7 Å². The summed E-state index contributed by atoms with van der Waals surface area (Å²) in [6.45, 7) is 0. The fourth-order valence-corrected chi connectivity index (χ4v) is 4.98. The van der Waals surface area contributed by atoms with Crippen LogP contribution in [0.1, 0.15) is 41.4 Å². The summed E-state index contributed by atoms with van der Waals surface area (Å²) < 4.78 is 15.9. The van der Waals surface area contributed by atoms with Crippen LogP contribution < -0.4 is 25.1 Å². The number of aromatic amines is 2. The number of Topliss-reactive ketones (excluding diaryl/α,β-unsaturated/α-hetero) is 1. The molecule has 1 aliphatic carbocycles. The third-order valence-electron chi connectivity index (χ3n) is 6.59. The molecule has 0 spiro atoms. The standard InChI is InChI=1S/C25H25N3O6/c1-32-18-6-5-13(9-16(18)29)21-22-15(26-24-23(21)25(31)28-27-24)8-14(10-17(22)30)12-4-7-19(33-2)20(11-12)34-3/h4-7,9,11,14,21,29H,8,10H2,1-3H3,(H3,26,27,28,31)/t14-,21-/m0/s1. The van der Waals surface area contributed by atoms with Gasteiger partial charge in [0.15, 0.2) is 28.8 Å². The molecule has 0 bridgehead atoms. The van der Waals surface area contributed by atoms with E-state index in [1.807, 2.05) is 18.2 Å². The van der Waals surface area contributed by atoms with Crippen LogP contribution in [0.15, 0.2) is 52.5 Å². The molecule has 2 heterocycles. The number of aromatic hydroxyl groups is 1. The maximum atomic E-state index is 13.6. The second-order valence-electron chi connectivity index (χ2n) is 8.39. The van der Waals surface area contributed by atoms with Crippen LogP contribution in [0.25, 0.3) is 0 Å². The van der Waals surface area contributed by atoms with E-state index in [-0.39, 0.29) is 29.4 Å². The Kier molecular flexibility index (Phi) is 5.31. The Balaban J connectivity index is 1.59. The van der Waals surface area contributed by atoms with Crippen LogP contribution >= 0.6 is 0 Å². The van der Waals surface area contributed by atoms with Gasteiger partial charge in [0.2, 0.25) is 0 Å². The molecule has 9 nitrogen and oxygen atoms in total. The lowest BCUT2D eigenvalue weighted by Crippen LogP contribution is -2.31. The maximum absolute atomic E-state index is 13.6. The van der Waals surface area contributed by atoms with Crippen molar-refractivity contribution in [2.24, 2.45) is 0 Å². The predicted molar refractivity (Wildman–Crippen MR) is 125 cm³/mol. The highest BCUT2D eigenvalue weighted by Gasteiger charge is 2.40. The Morgan fingerprint density at radius 3 is 2.26 bits per heavy atom. The molecule has 1 aliphatic heterocycles. The Morgan fingerprint density at radius 2 is 1.56 bits per heavy atom. The topological polar surface area (TPSA) is 126 Å². The number of benzene rings is 2. The van der Waals surface area contributed by atoms with Crippen molar-refractivity contribution >= 4 is 11.6 Å². The molecule has 3 aromatic rings. The molecule has 0 fully saturated rings. The van der Waals surface area contributed by atoms with Gasteiger partial charge in [-0.3, -0.25) is 19.8 Å². The lowest BCUT2D eigenvalue weighted by molar-refractivity contribution is -0.116. The summed E-state index contributed by atoms with van der Waals surface area (Å²) in [5.41, 5.74) is 2.99. The molecule has 2 aliphatic rings. The molecule has 2 aromatic carbocycles. The number of anilines is 1. The van der Waals surface area contributed by atoms with E-state index < -0.39 is 5.92 Å². The third kappa shape index (κ3) is 3.40. The van der Waals surface area contributed by atoms with Crippen LogP contribution in [0.4, 0.5) is 5.82 Å². The molecule has 0 saturated carbocycles. The first-order valence-corrected chi connectivity index (χ1v) is 10.9. The van der Waals surface area contributed by atoms with Crippen molar-refractivity contribution in [3.8, 4) is 23.0 Å². The molecule has 9 heteroatoms. The van der Waals surface area contributed by atoms with E-state index in [0.29, 0.717) is 46.2 Å². The summed E-state index contributed by atoms with van der Waals surface area (Å²) in [7, 11) is 4.63. The van der Waals surface area contributed by atoms with Gasteiger partial charge in [0.1, 0.15) is 5.82 Å². The van der Waals surface area contributed by atoms with Crippen LogP contribution in [0.2, 0.25) is 0 Å². The molecule has 0 unspecified atom stereocenters. The third-order valence-corrected chi connectivity index (χ3v) is 6.59. The minimum Gasteiger partial charge on any atom is -0.504 e. The second-order valence-corrected chi connectivity index (χ2v) is 8.39. The predicted octanol–water partition coefficient (Wildman–Crippen LogP) is 3.39. The van der Waals surface area contributed by atoms with Gasteiger partial charge in [0.05, 0.1) is 26.9 Å². The van der Waals surface area contributed by atoms with Gasteiger partial charge in [-0.05, 0) is 47.7 Å². The largest absolute Gasteiger partial charge is 0.504 e. The number of phenolic OH excluding ortho intramolecular Hbond substituents is 1. The van der Waals surface area contributed by atoms with Gasteiger partial charge in [-0.15, -0.1) is 0 Å². The van der Waals surface area contributed by atoms with Crippen LogP contribution in [-0.2, 0) is 4.79 Å². The van der Waals surface area contributed by atoms with Gasteiger partial charge < -0.3 is 24.6 Å². The SMILES string of the molecule is COc1ccc([C@H]2C3=C(C[C@H](c4ccc(OC)c(OC)c4)CC3=O)Nc3[nH][nH]c(=O)c32)cc1O. The Labute approximate surface area is 195 Å². The first kappa shape index (κ1) is 21.7. The summed E-state index contributed by atoms with van der Waals surface area (Å²) >= 11 is 0. The lowest BCUT2D eigenvalue weighted by Gasteiger charge is -2.34. The van der Waals surface area contributed by atoms with Crippen molar-refractivity contribution in [3.63, 3.8) is 0 Å². The highest BCUT2D eigenvalue weighted by Crippen LogP contribution is 2.48. The number of rotatable bonds is 5. The number of allylic oxidation sites excluding steroid dienone is 2. The number of aromatic nitrogens is 2. The first-order valence-electron chi connectivity index (χ1n) is 10.9. The van der Waals surface area contributed by atoms with E-state index in [0.717, 1.165) is 11.3 Å². The van der Waals surface area contributed by atoms with Gasteiger partial charge >= 0.3 is 0 Å². The number of hydrogen-bond donors (Lipinski definition) is 4. The van der Waals surface area contributed by atoms with Crippen LogP contribution in [-0.4, -0.2) is 42.4 Å². The fourth-order valence-electron chi connectivity index (χ4n) is 4.98. The molecule has 1 aromatic heterocycles. The number of phenols is 1. The zero-order valence-electron chi connectivity index (χ0n) is 19.0. The summed E-state index contributed by atoms with van der Waals surface area (Å²) in [4.78, 5) is 26.2. The quantitative estimate of drug-likeness (QED) is 0.457. The van der Waals surface area contributed by atoms with Crippen LogP contribution in [0.3, 0.4) is 0 Å². The molecule has 0 radical (unpaired) electrons. The number of carbonyl (C=O) groups is 1. The smallest absolute Gasteiger partial charge is 0.270 e. The zero-order chi connectivity index (χ0) is 24.0. The molecule has 4 N–H and O–H groups in total. The van der Waals surface area contributed by atoms with Gasteiger partial charge in [-0.1, -0.05) is 12.1 Å². The van der Waals surface area contributed by atoms with E-state index in [2.05, 4.69) is 15.5 Å². The highest BCUT2D eigenvalue weighted by atomic mass is 16.5. The number of fused-ring (bicyclic) bond motifs is 1. The molecule has 0 amide bonds. The lowest BCUT2D eigenvalue weighted by atomic mass is 9.72. The molecule has 34 heavy (non-hydrogen) atoms. The van der Waals surface area contributed by atoms with Crippen molar-refractivity contribution in [3.05, 3.63) is 74.7 Å². The zero-order valence-corrected chi connectivity index (χ0v) is 19.0. The number of hydrogen-bond acceptors (Lipinski definition) is 7. The van der Waals surface area contributed by atoms with E-state index in [4.69, 9.17) is 14.2 Å². The average molecular weight is 463 g/mol. The number of ketones is 1. The highest BCUT2D eigenvalue weighted by molar-refractivity contribution is 6.01. The second kappa shape index (κ2) is 8.33. The van der Waals surface area contributed by atoms with Gasteiger partial charge in [0.25, 0.3) is 5.56 Å². The Hall–Kier alpha value is -4.14. The normalized spacial score (nSPS) is 19.2. The minimum atomic E-state index is -0.614. The van der Waals surface area contributed by atoms with Crippen molar-refractivity contribution in [1.82, 2.24) is 10.2 Å². The average Bonchev–Trinajstić information content (AvgIpc) is 3.22. The van der Waals surface area contributed by atoms with Crippen LogP contribution in [0, 0.1) is 0 Å². The van der Waals surface area contributed by atoms with E-state index in [1.165, 1.54) is 7.11 Å². The monoisotopic (exact) mass is 463 g/mol. The Morgan fingerprint density at radius 1 is 0.853 bits per heavy atom. The minimum absolute atomic E-state index is 0.0549. The van der Waals surface area contributed by atoms with Crippen molar-refractivity contribution < 1.29 is 24.1 Å². The maximum Gasteiger partial charge on any atom is 0.270 e. The first-order chi connectivity index (χ1) is 16.4. The van der Waals surface area contributed by atoms with Crippen molar-refractivity contribution in [2.75, 3.05) is 26.6 Å². The fraction of sp³-hybridized carbons (Fsp3) is 0.280. The van der Waals surface area contributed by atoms with Crippen LogP contribution in [0.5, 0.6) is 23.0 Å². The van der Waals surface area contributed by atoms with Gasteiger partial charge in [0, 0.05) is 23.6 Å². The molecular formula is C25H25N3O6. The number of H-pyrrole nitrogens is 2. The summed E-state index contributed by atoms with van der Waals surface area (Å²) in [5, 5.41) is 19.1.